The summed E-state index contributed by atoms with van der Waals surface area (Å²) in [6, 6.07) is 13.4. The van der Waals surface area contributed by atoms with E-state index in [2.05, 4.69) is 34.0 Å². The zero-order valence-corrected chi connectivity index (χ0v) is 19.1. The fourth-order valence-corrected chi connectivity index (χ4v) is 4.27. The second-order valence-electron chi connectivity index (χ2n) is 7.22. The third-order valence-corrected chi connectivity index (χ3v) is 6.10. The summed E-state index contributed by atoms with van der Waals surface area (Å²) in [5, 5.41) is 13.3. The summed E-state index contributed by atoms with van der Waals surface area (Å²) in [4.78, 5) is 23.9. The first kappa shape index (κ1) is 22.1. The number of halogens is 1. The molecule has 0 fully saturated rings. The molecule has 1 heterocycles. The molecule has 1 atom stereocenters. The first-order valence-electron chi connectivity index (χ1n) is 9.82. The number of hydrogen-bond acceptors (Lipinski definition) is 6. The topological polar surface area (TPSA) is 88.4 Å². The van der Waals surface area contributed by atoms with Gasteiger partial charge in [-0.3, -0.25) is 0 Å². The van der Waals surface area contributed by atoms with E-state index in [0.29, 0.717) is 43.7 Å². The minimum Gasteiger partial charge on any atom is -0.462 e. The van der Waals surface area contributed by atoms with E-state index < -0.39 is 5.41 Å². The van der Waals surface area contributed by atoms with Crippen LogP contribution in [0.4, 0.5) is 5.69 Å². The zero-order valence-electron chi connectivity index (χ0n) is 17.0. The SMILES string of the molecule is CCOC(=O)c1ccc(C[C@@]2(C#N)CNc3cc(C(=O)OCC)ccc3C2)c(I)c1. The van der Waals surface area contributed by atoms with Gasteiger partial charge in [0.05, 0.1) is 35.8 Å². The van der Waals surface area contributed by atoms with Crippen molar-refractivity contribution in [3.8, 4) is 6.07 Å². The smallest absolute Gasteiger partial charge is 0.338 e. The van der Waals surface area contributed by atoms with Crippen LogP contribution in [0.3, 0.4) is 0 Å². The van der Waals surface area contributed by atoms with Gasteiger partial charge < -0.3 is 14.8 Å². The van der Waals surface area contributed by atoms with Gasteiger partial charge in [0.1, 0.15) is 0 Å². The molecular weight excluding hydrogens is 495 g/mol. The summed E-state index contributed by atoms with van der Waals surface area (Å²) in [5.74, 6) is -0.696. The van der Waals surface area contributed by atoms with Crippen molar-refractivity contribution in [2.45, 2.75) is 26.7 Å². The highest BCUT2D eigenvalue weighted by molar-refractivity contribution is 14.1. The van der Waals surface area contributed by atoms with Crippen LogP contribution in [0.5, 0.6) is 0 Å². The number of ether oxygens (including phenoxy) is 2. The van der Waals surface area contributed by atoms with Gasteiger partial charge in [0.25, 0.3) is 0 Å². The lowest BCUT2D eigenvalue weighted by atomic mass is 9.75. The Bertz CT molecular complexity index is 1010. The second-order valence-corrected chi connectivity index (χ2v) is 8.38. The van der Waals surface area contributed by atoms with Crippen LogP contribution in [-0.2, 0) is 22.3 Å². The standard InChI is InChI=1S/C23H23IN2O4/c1-3-29-21(27)15-5-7-17(19(24)9-15)11-23(13-25)12-18-8-6-16(22(28)30-4-2)10-20(18)26-14-23/h5-10,26H,3-4,11-12,14H2,1-2H3/t23-/m1/s1. The molecule has 2 aromatic carbocycles. The molecular formula is C23H23IN2O4. The van der Waals surface area contributed by atoms with Crippen LogP contribution in [0.2, 0.25) is 0 Å². The van der Waals surface area contributed by atoms with Crippen molar-refractivity contribution >= 4 is 40.2 Å². The van der Waals surface area contributed by atoms with E-state index in [9.17, 15) is 14.9 Å². The summed E-state index contributed by atoms with van der Waals surface area (Å²) in [6.07, 6.45) is 1.13. The maximum Gasteiger partial charge on any atom is 0.338 e. The average Bonchev–Trinajstić information content (AvgIpc) is 2.75. The minimum absolute atomic E-state index is 0.328. The quantitative estimate of drug-likeness (QED) is 0.452. The van der Waals surface area contributed by atoms with Crippen molar-refractivity contribution in [1.82, 2.24) is 0 Å². The lowest BCUT2D eigenvalue weighted by Crippen LogP contribution is -2.37. The highest BCUT2D eigenvalue weighted by Crippen LogP contribution is 2.36. The number of benzene rings is 2. The molecule has 0 amide bonds. The predicted molar refractivity (Wildman–Crippen MR) is 121 cm³/mol. The number of esters is 2. The highest BCUT2D eigenvalue weighted by atomic mass is 127. The van der Waals surface area contributed by atoms with Crippen LogP contribution in [0.15, 0.2) is 36.4 Å². The number of nitrogens with one attached hydrogen (secondary N) is 1. The zero-order chi connectivity index (χ0) is 21.7. The molecule has 0 aromatic heterocycles. The second kappa shape index (κ2) is 9.47. The average molecular weight is 518 g/mol. The number of anilines is 1. The molecule has 1 N–H and O–H groups in total. The van der Waals surface area contributed by atoms with E-state index in [1.807, 2.05) is 12.1 Å². The Morgan fingerprint density at radius 3 is 2.33 bits per heavy atom. The summed E-state index contributed by atoms with van der Waals surface area (Å²) >= 11 is 2.20. The number of rotatable bonds is 6. The van der Waals surface area contributed by atoms with E-state index in [1.54, 1.807) is 38.1 Å². The Morgan fingerprint density at radius 1 is 1.10 bits per heavy atom. The fraction of sp³-hybridized carbons (Fsp3) is 0.348. The molecule has 0 saturated carbocycles. The maximum atomic E-state index is 12.0. The Kier molecular flexibility index (Phi) is 6.98. The molecule has 1 aliphatic rings. The molecule has 0 bridgehead atoms. The van der Waals surface area contributed by atoms with Crippen molar-refractivity contribution in [3.63, 3.8) is 0 Å². The van der Waals surface area contributed by atoms with Crippen LogP contribution >= 0.6 is 22.6 Å². The van der Waals surface area contributed by atoms with E-state index in [0.717, 1.165) is 20.4 Å². The van der Waals surface area contributed by atoms with Crippen molar-refractivity contribution < 1.29 is 19.1 Å². The van der Waals surface area contributed by atoms with Crippen molar-refractivity contribution in [1.29, 1.82) is 5.26 Å². The molecule has 2 aromatic rings. The molecule has 30 heavy (non-hydrogen) atoms. The van der Waals surface area contributed by atoms with Gasteiger partial charge in [0.2, 0.25) is 0 Å². The molecule has 7 heteroatoms. The maximum absolute atomic E-state index is 12.0. The lowest BCUT2D eigenvalue weighted by molar-refractivity contribution is 0.0516. The first-order valence-corrected chi connectivity index (χ1v) is 10.9. The van der Waals surface area contributed by atoms with Crippen LogP contribution in [0.25, 0.3) is 0 Å². The molecule has 0 saturated heterocycles. The van der Waals surface area contributed by atoms with Gasteiger partial charge in [-0.25, -0.2) is 9.59 Å². The Labute approximate surface area is 189 Å². The minimum atomic E-state index is -0.621. The van der Waals surface area contributed by atoms with Crippen LogP contribution < -0.4 is 5.32 Å². The Hall–Kier alpha value is -2.60. The monoisotopic (exact) mass is 518 g/mol. The predicted octanol–water partition coefficient (Wildman–Crippen LogP) is 4.37. The summed E-state index contributed by atoms with van der Waals surface area (Å²) in [7, 11) is 0. The molecule has 6 nitrogen and oxygen atoms in total. The van der Waals surface area contributed by atoms with Crippen LogP contribution in [0, 0.1) is 20.3 Å². The van der Waals surface area contributed by atoms with Gasteiger partial charge in [-0.05, 0) is 84.7 Å². The third-order valence-electron chi connectivity index (χ3n) is 5.10. The molecule has 0 unspecified atom stereocenters. The fourth-order valence-electron chi connectivity index (χ4n) is 3.57. The number of carbonyl (C=O) groups excluding carboxylic acids is 2. The molecule has 3 rings (SSSR count). The Morgan fingerprint density at radius 2 is 1.73 bits per heavy atom. The van der Waals surface area contributed by atoms with Gasteiger partial charge in [-0.1, -0.05) is 12.1 Å². The number of hydrogen-bond donors (Lipinski definition) is 1. The molecule has 0 aliphatic carbocycles. The van der Waals surface area contributed by atoms with Crippen LogP contribution in [0.1, 0.15) is 45.7 Å². The normalized spacial score (nSPS) is 17.3. The number of fused-ring (bicyclic) bond motifs is 1. The Balaban J connectivity index is 1.81. The van der Waals surface area contributed by atoms with Gasteiger partial charge in [-0.15, -0.1) is 0 Å². The first-order chi connectivity index (χ1) is 14.4. The van der Waals surface area contributed by atoms with E-state index in [4.69, 9.17) is 9.47 Å². The highest BCUT2D eigenvalue weighted by Gasteiger charge is 2.36. The molecule has 0 spiro atoms. The van der Waals surface area contributed by atoms with Gasteiger partial charge in [0.15, 0.2) is 0 Å². The van der Waals surface area contributed by atoms with Crippen molar-refractivity contribution in [2.24, 2.45) is 5.41 Å². The van der Waals surface area contributed by atoms with E-state index >= 15 is 0 Å². The molecule has 156 valence electrons. The number of nitrogens with zero attached hydrogens (tertiary/aromatic N) is 1. The van der Waals surface area contributed by atoms with Gasteiger partial charge >= 0.3 is 11.9 Å². The molecule has 1 aliphatic heterocycles. The van der Waals surface area contributed by atoms with E-state index in [1.165, 1.54) is 0 Å². The lowest BCUT2D eigenvalue weighted by Gasteiger charge is -2.34. The summed E-state index contributed by atoms with van der Waals surface area (Å²) < 4.78 is 11.0. The summed E-state index contributed by atoms with van der Waals surface area (Å²) in [6.45, 7) is 4.68. The van der Waals surface area contributed by atoms with Crippen molar-refractivity contribution in [3.05, 3.63) is 62.2 Å². The molecule has 0 radical (unpaired) electrons. The van der Waals surface area contributed by atoms with Crippen molar-refractivity contribution in [2.75, 3.05) is 25.1 Å². The third kappa shape index (κ3) is 4.75. The van der Waals surface area contributed by atoms with Gasteiger partial charge in [0, 0.05) is 15.8 Å². The van der Waals surface area contributed by atoms with Crippen LogP contribution in [-0.4, -0.2) is 31.7 Å². The summed E-state index contributed by atoms with van der Waals surface area (Å²) in [5.41, 5.74) is 3.25. The number of nitriles is 1. The van der Waals surface area contributed by atoms with E-state index in [-0.39, 0.29) is 11.9 Å². The number of carbonyl (C=O) groups is 2. The van der Waals surface area contributed by atoms with Gasteiger partial charge in [-0.2, -0.15) is 5.26 Å². The largest absolute Gasteiger partial charge is 0.462 e.